The minimum absolute atomic E-state index is 0.0974. The molecule has 8 heteroatoms. The summed E-state index contributed by atoms with van der Waals surface area (Å²) in [5.74, 6) is 0.296. The number of benzene rings is 2. The lowest BCUT2D eigenvalue weighted by Gasteiger charge is -2.21. The molecular weight excluding hydrogens is 410 g/mol. The zero-order chi connectivity index (χ0) is 23.5. The Morgan fingerprint density at radius 3 is 2.16 bits per heavy atom. The topological polar surface area (TPSA) is 97.0 Å². The van der Waals surface area contributed by atoms with Crippen LogP contribution in [0.25, 0.3) is 0 Å². The van der Waals surface area contributed by atoms with Crippen LogP contribution in [0, 0.1) is 0 Å². The number of amides is 3. The van der Waals surface area contributed by atoms with Gasteiger partial charge in [-0.2, -0.15) is 0 Å². The number of rotatable bonds is 11. The Bertz CT molecular complexity index is 928. The predicted molar refractivity (Wildman–Crippen MR) is 124 cm³/mol. The van der Waals surface area contributed by atoms with Crippen LogP contribution in [0.15, 0.2) is 42.5 Å². The van der Waals surface area contributed by atoms with Gasteiger partial charge >= 0.3 is 0 Å². The molecule has 0 radical (unpaired) electrons. The van der Waals surface area contributed by atoms with Gasteiger partial charge in [-0.25, -0.2) is 0 Å². The molecule has 172 valence electrons. The summed E-state index contributed by atoms with van der Waals surface area (Å²) in [4.78, 5) is 38.0. The summed E-state index contributed by atoms with van der Waals surface area (Å²) < 4.78 is 11.1. The van der Waals surface area contributed by atoms with E-state index in [9.17, 15) is 14.4 Å². The van der Waals surface area contributed by atoms with Crippen molar-refractivity contribution in [2.75, 3.05) is 37.4 Å². The van der Waals surface area contributed by atoms with E-state index in [0.717, 1.165) is 12.8 Å². The normalized spacial score (nSPS) is 10.2. The van der Waals surface area contributed by atoms with Crippen LogP contribution in [0.5, 0.6) is 11.5 Å². The molecule has 0 saturated heterocycles. The van der Waals surface area contributed by atoms with Gasteiger partial charge < -0.3 is 25.0 Å². The highest BCUT2D eigenvalue weighted by Crippen LogP contribution is 2.29. The van der Waals surface area contributed by atoms with Crippen molar-refractivity contribution in [2.24, 2.45) is 0 Å². The fraction of sp³-hybridized carbons (Fsp3) is 0.375. The molecule has 2 rings (SSSR count). The van der Waals surface area contributed by atoms with Crippen LogP contribution in [0.2, 0.25) is 0 Å². The summed E-state index contributed by atoms with van der Waals surface area (Å²) in [7, 11) is 1.53. The molecule has 0 atom stereocenters. The van der Waals surface area contributed by atoms with Crippen molar-refractivity contribution in [3.8, 4) is 11.5 Å². The molecule has 0 fully saturated rings. The van der Waals surface area contributed by atoms with E-state index in [-0.39, 0.29) is 24.3 Å². The Morgan fingerprint density at radius 1 is 0.938 bits per heavy atom. The average Bonchev–Trinajstić information content (AvgIpc) is 2.78. The van der Waals surface area contributed by atoms with Crippen molar-refractivity contribution in [3.63, 3.8) is 0 Å². The maximum Gasteiger partial charge on any atom is 0.254 e. The minimum atomic E-state index is -0.320. The first-order valence-electron chi connectivity index (χ1n) is 10.7. The molecule has 0 aliphatic carbocycles. The van der Waals surface area contributed by atoms with Crippen molar-refractivity contribution in [1.82, 2.24) is 4.90 Å². The molecule has 0 bridgehead atoms. The van der Waals surface area contributed by atoms with E-state index in [1.165, 1.54) is 18.9 Å². The number of likely N-dealkylation sites (N-methyl/N-ethyl adjacent to an activating group) is 1. The molecule has 0 heterocycles. The number of ether oxygens (including phenoxy) is 2. The van der Waals surface area contributed by atoms with Crippen LogP contribution in [0.4, 0.5) is 11.4 Å². The first-order chi connectivity index (χ1) is 15.4. The lowest BCUT2D eigenvalue weighted by atomic mass is 10.1. The molecule has 2 aromatic rings. The SMILES string of the molecule is CCCCOc1ccc(C(=O)N(CC)CC(=O)Nc2ccc(NC(C)=O)cc2)cc1OC. The Labute approximate surface area is 188 Å². The van der Waals surface area contributed by atoms with Crippen molar-refractivity contribution in [3.05, 3.63) is 48.0 Å². The first-order valence-corrected chi connectivity index (χ1v) is 10.7. The number of nitrogens with zero attached hydrogens (tertiary/aromatic N) is 1. The van der Waals surface area contributed by atoms with E-state index < -0.39 is 0 Å². The van der Waals surface area contributed by atoms with Crippen LogP contribution in [-0.2, 0) is 9.59 Å². The third kappa shape index (κ3) is 7.30. The van der Waals surface area contributed by atoms with Gasteiger partial charge in [0.05, 0.1) is 13.7 Å². The van der Waals surface area contributed by atoms with E-state index >= 15 is 0 Å². The van der Waals surface area contributed by atoms with Crippen LogP contribution < -0.4 is 20.1 Å². The van der Waals surface area contributed by atoms with Crippen molar-refractivity contribution < 1.29 is 23.9 Å². The van der Waals surface area contributed by atoms with Crippen LogP contribution in [0.1, 0.15) is 44.0 Å². The van der Waals surface area contributed by atoms with Gasteiger partial charge in [-0.15, -0.1) is 0 Å². The molecule has 32 heavy (non-hydrogen) atoms. The number of unbranched alkanes of at least 4 members (excludes halogenated alkanes) is 1. The van der Waals surface area contributed by atoms with E-state index in [1.54, 1.807) is 42.5 Å². The second kappa shape index (κ2) is 12.3. The Hall–Kier alpha value is -3.55. The molecule has 0 aliphatic heterocycles. The molecule has 0 unspecified atom stereocenters. The van der Waals surface area contributed by atoms with Gasteiger partial charge in [-0.1, -0.05) is 13.3 Å². The van der Waals surface area contributed by atoms with Gasteiger partial charge in [-0.3, -0.25) is 14.4 Å². The highest BCUT2D eigenvalue weighted by atomic mass is 16.5. The third-order valence-corrected chi connectivity index (χ3v) is 4.66. The highest BCUT2D eigenvalue weighted by molar-refractivity contribution is 6.00. The van der Waals surface area contributed by atoms with E-state index in [2.05, 4.69) is 17.6 Å². The third-order valence-electron chi connectivity index (χ3n) is 4.66. The smallest absolute Gasteiger partial charge is 0.254 e. The van der Waals surface area contributed by atoms with Gasteiger partial charge in [0.1, 0.15) is 6.54 Å². The van der Waals surface area contributed by atoms with Gasteiger partial charge in [0, 0.05) is 30.4 Å². The molecule has 0 aromatic heterocycles. The maximum atomic E-state index is 13.0. The number of methoxy groups -OCH3 is 1. The second-order valence-electron chi connectivity index (χ2n) is 7.19. The van der Waals surface area contributed by atoms with Crippen LogP contribution in [-0.4, -0.2) is 49.4 Å². The van der Waals surface area contributed by atoms with Crippen LogP contribution in [0.3, 0.4) is 0 Å². The quantitative estimate of drug-likeness (QED) is 0.515. The second-order valence-corrected chi connectivity index (χ2v) is 7.19. The number of anilines is 2. The zero-order valence-corrected chi connectivity index (χ0v) is 19.1. The lowest BCUT2D eigenvalue weighted by Crippen LogP contribution is -2.37. The predicted octanol–water partition coefficient (Wildman–Crippen LogP) is 3.93. The van der Waals surface area contributed by atoms with Gasteiger partial charge in [0.15, 0.2) is 11.5 Å². The Kier molecular flexibility index (Phi) is 9.53. The monoisotopic (exact) mass is 441 g/mol. The minimum Gasteiger partial charge on any atom is -0.493 e. The first kappa shape index (κ1) is 24.7. The Morgan fingerprint density at radius 2 is 1.59 bits per heavy atom. The highest BCUT2D eigenvalue weighted by Gasteiger charge is 2.19. The number of carbonyl (C=O) groups excluding carboxylic acids is 3. The summed E-state index contributed by atoms with van der Waals surface area (Å²) in [6, 6.07) is 11.8. The fourth-order valence-corrected chi connectivity index (χ4v) is 2.97. The molecule has 0 saturated carbocycles. The molecule has 3 amide bonds. The summed E-state index contributed by atoms with van der Waals surface area (Å²) in [5.41, 5.74) is 1.62. The van der Waals surface area contributed by atoms with Crippen molar-refractivity contribution in [2.45, 2.75) is 33.6 Å². The molecule has 8 nitrogen and oxygen atoms in total. The Balaban J connectivity index is 2.02. The maximum absolute atomic E-state index is 13.0. The summed E-state index contributed by atoms with van der Waals surface area (Å²) in [6.07, 6.45) is 1.95. The van der Waals surface area contributed by atoms with E-state index in [0.29, 0.717) is 41.6 Å². The summed E-state index contributed by atoms with van der Waals surface area (Å²) >= 11 is 0. The summed E-state index contributed by atoms with van der Waals surface area (Å²) in [6.45, 7) is 6.16. The fourth-order valence-electron chi connectivity index (χ4n) is 2.97. The average molecular weight is 442 g/mol. The number of hydrogen-bond donors (Lipinski definition) is 2. The number of hydrogen-bond acceptors (Lipinski definition) is 5. The van der Waals surface area contributed by atoms with Crippen molar-refractivity contribution >= 4 is 29.1 Å². The summed E-state index contributed by atoms with van der Waals surface area (Å²) in [5, 5.41) is 5.43. The van der Waals surface area contributed by atoms with Crippen molar-refractivity contribution in [1.29, 1.82) is 0 Å². The standard InChI is InChI=1S/C24H31N3O5/c1-5-7-14-32-21-13-8-18(15-22(21)31-4)24(30)27(6-2)16-23(29)26-20-11-9-19(10-12-20)25-17(3)28/h8-13,15H,5-7,14,16H2,1-4H3,(H,25,28)(H,26,29). The molecule has 2 aromatic carbocycles. The van der Waals surface area contributed by atoms with E-state index in [4.69, 9.17) is 9.47 Å². The molecular formula is C24H31N3O5. The molecule has 0 aliphatic rings. The van der Waals surface area contributed by atoms with E-state index in [1.807, 2.05) is 6.92 Å². The lowest BCUT2D eigenvalue weighted by molar-refractivity contribution is -0.117. The zero-order valence-electron chi connectivity index (χ0n) is 19.1. The van der Waals surface area contributed by atoms with Gasteiger partial charge in [-0.05, 0) is 55.8 Å². The van der Waals surface area contributed by atoms with Gasteiger partial charge in [0.2, 0.25) is 11.8 Å². The van der Waals surface area contributed by atoms with Gasteiger partial charge in [0.25, 0.3) is 5.91 Å². The molecule has 2 N–H and O–H groups in total. The number of carbonyl (C=O) groups is 3. The largest absolute Gasteiger partial charge is 0.493 e. The van der Waals surface area contributed by atoms with Crippen LogP contribution >= 0.6 is 0 Å². The molecule has 0 spiro atoms. The number of nitrogens with one attached hydrogen (secondary N) is 2.